The third kappa shape index (κ3) is 1.61. The lowest BCUT2D eigenvalue weighted by atomic mass is 9.59. The van der Waals surface area contributed by atoms with Gasteiger partial charge in [0.1, 0.15) is 0 Å². The standard InChI is InChI=1S/C8H11BO/c1-2-9(10)8-6-4-3-5-7-8/h3-7,10H,2H2,1H3. The van der Waals surface area contributed by atoms with Crippen molar-refractivity contribution in [1.29, 1.82) is 0 Å². The summed E-state index contributed by atoms with van der Waals surface area (Å²) < 4.78 is 0. The average molecular weight is 134 g/mol. The molecule has 1 aromatic carbocycles. The normalized spacial score (nSPS) is 9.40. The fourth-order valence-electron chi connectivity index (χ4n) is 0.911. The van der Waals surface area contributed by atoms with Crippen molar-refractivity contribution in [2.45, 2.75) is 13.2 Å². The van der Waals surface area contributed by atoms with Crippen LogP contribution in [0.3, 0.4) is 0 Å². The second-order valence-corrected chi connectivity index (χ2v) is 2.33. The Morgan fingerprint density at radius 3 is 2.40 bits per heavy atom. The van der Waals surface area contributed by atoms with Gasteiger partial charge in [-0.15, -0.1) is 0 Å². The highest BCUT2D eigenvalue weighted by Crippen LogP contribution is 1.89. The molecular weight excluding hydrogens is 123 g/mol. The van der Waals surface area contributed by atoms with Crippen molar-refractivity contribution in [2.24, 2.45) is 0 Å². The molecule has 1 nitrogen and oxygen atoms in total. The van der Waals surface area contributed by atoms with E-state index in [9.17, 15) is 5.02 Å². The molecule has 0 atom stereocenters. The van der Waals surface area contributed by atoms with Gasteiger partial charge in [-0.05, 0) is 11.8 Å². The predicted molar refractivity (Wildman–Crippen MR) is 44.5 cm³/mol. The molecule has 1 aromatic rings. The Balaban J connectivity index is 2.75. The summed E-state index contributed by atoms with van der Waals surface area (Å²) in [6.45, 7) is 1.68. The zero-order chi connectivity index (χ0) is 7.40. The fraction of sp³-hybridized carbons (Fsp3) is 0.250. The fourth-order valence-corrected chi connectivity index (χ4v) is 0.911. The van der Waals surface area contributed by atoms with Crippen molar-refractivity contribution in [3.8, 4) is 0 Å². The van der Waals surface area contributed by atoms with Crippen LogP contribution in [0.4, 0.5) is 0 Å². The molecule has 1 rings (SSSR count). The van der Waals surface area contributed by atoms with E-state index in [1.165, 1.54) is 0 Å². The van der Waals surface area contributed by atoms with Gasteiger partial charge in [-0.1, -0.05) is 37.3 Å². The molecule has 52 valence electrons. The number of hydrogen-bond donors (Lipinski definition) is 1. The van der Waals surface area contributed by atoms with Gasteiger partial charge in [0.05, 0.1) is 0 Å². The van der Waals surface area contributed by atoms with E-state index in [0.29, 0.717) is 0 Å². The summed E-state index contributed by atoms with van der Waals surface area (Å²) in [5, 5.41) is 9.33. The van der Waals surface area contributed by atoms with Crippen LogP contribution in [0.1, 0.15) is 6.92 Å². The molecular formula is C8H11BO. The van der Waals surface area contributed by atoms with E-state index in [2.05, 4.69) is 0 Å². The van der Waals surface area contributed by atoms with Crippen LogP contribution >= 0.6 is 0 Å². The Bertz CT molecular complexity index is 186. The molecule has 0 spiro atoms. The van der Waals surface area contributed by atoms with Crippen LogP contribution in [0, 0.1) is 0 Å². The summed E-state index contributed by atoms with van der Waals surface area (Å²) in [6.07, 6.45) is 0.782. The predicted octanol–water partition coefficient (Wildman–Crippen LogP) is 0.897. The van der Waals surface area contributed by atoms with Crippen LogP contribution in [-0.4, -0.2) is 11.9 Å². The van der Waals surface area contributed by atoms with Crippen LogP contribution in [0.25, 0.3) is 0 Å². The van der Waals surface area contributed by atoms with Gasteiger partial charge in [-0.3, -0.25) is 0 Å². The van der Waals surface area contributed by atoms with Crippen LogP contribution in [0.15, 0.2) is 30.3 Å². The van der Waals surface area contributed by atoms with Crippen LogP contribution < -0.4 is 5.46 Å². The van der Waals surface area contributed by atoms with Crippen molar-refractivity contribution < 1.29 is 5.02 Å². The first-order chi connectivity index (χ1) is 4.84. The second-order valence-electron chi connectivity index (χ2n) is 2.33. The molecule has 0 fully saturated rings. The van der Waals surface area contributed by atoms with Gasteiger partial charge >= 0.3 is 6.92 Å². The smallest absolute Gasteiger partial charge is 0.323 e. The lowest BCUT2D eigenvalue weighted by Gasteiger charge is -2.00. The molecule has 0 bridgehead atoms. The van der Waals surface area contributed by atoms with E-state index >= 15 is 0 Å². The van der Waals surface area contributed by atoms with Gasteiger partial charge in [-0.25, -0.2) is 0 Å². The van der Waals surface area contributed by atoms with Gasteiger partial charge in [0.15, 0.2) is 0 Å². The van der Waals surface area contributed by atoms with E-state index in [0.717, 1.165) is 11.8 Å². The molecule has 0 aliphatic heterocycles. The van der Waals surface area contributed by atoms with Crippen molar-refractivity contribution >= 4 is 12.4 Å². The molecule has 0 unspecified atom stereocenters. The summed E-state index contributed by atoms with van der Waals surface area (Å²) in [7, 11) is 0. The second kappa shape index (κ2) is 3.42. The van der Waals surface area contributed by atoms with E-state index in [1.807, 2.05) is 37.3 Å². The molecule has 2 heteroatoms. The molecule has 0 saturated heterocycles. The number of hydrogen-bond acceptors (Lipinski definition) is 1. The quantitative estimate of drug-likeness (QED) is 0.595. The highest BCUT2D eigenvalue weighted by atomic mass is 16.2. The highest BCUT2D eigenvalue weighted by Gasteiger charge is 2.08. The van der Waals surface area contributed by atoms with Gasteiger partial charge in [0.2, 0.25) is 0 Å². The first-order valence-electron chi connectivity index (χ1n) is 3.57. The Morgan fingerprint density at radius 2 is 1.90 bits per heavy atom. The molecule has 1 N–H and O–H groups in total. The maximum absolute atomic E-state index is 9.33. The molecule has 0 aliphatic carbocycles. The van der Waals surface area contributed by atoms with E-state index < -0.39 is 0 Å². The molecule has 0 amide bonds. The topological polar surface area (TPSA) is 20.2 Å². The van der Waals surface area contributed by atoms with Crippen LogP contribution in [-0.2, 0) is 0 Å². The van der Waals surface area contributed by atoms with Crippen LogP contribution in [0.2, 0.25) is 6.32 Å². The molecule has 0 radical (unpaired) electrons. The molecule has 10 heavy (non-hydrogen) atoms. The SMILES string of the molecule is CCB(O)c1ccccc1. The van der Waals surface area contributed by atoms with Gasteiger partial charge in [0.25, 0.3) is 0 Å². The highest BCUT2D eigenvalue weighted by molar-refractivity contribution is 6.65. The Morgan fingerprint density at radius 1 is 1.30 bits per heavy atom. The van der Waals surface area contributed by atoms with Crippen LogP contribution in [0.5, 0.6) is 0 Å². The average Bonchev–Trinajstić information content (AvgIpc) is 2.05. The van der Waals surface area contributed by atoms with E-state index in [-0.39, 0.29) is 6.92 Å². The van der Waals surface area contributed by atoms with Crippen molar-refractivity contribution in [3.05, 3.63) is 30.3 Å². The summed E-state index contributed by atoms with van der Waals surface area (Å²) in [5.74, 6) is 0. The maximum Gasteiger partial charge on any atom is 0.323 e. The Kier molecular flexibility index (Phi) is 2.52. The minimum atomic E-state index is -0.291. The summed E-state index contributed by atoms with van der Waals surface area (Å²) in [6, 6.07) is 9.70. The van der Waals surface area contributed by atoms with Crippen molar-refractivity contribution in [3.63, 3.8) is 0 Å². The molecule has 0 aromatic heterocycles. The van der Waals surface area contributed by atoms with Crippen molar-refractivity contribution in [1.82, 2.24) is 0 Å². The summed E-state index contributed by atoms with van der Waals surface area (Å²) in [4.78, 5) is 0. The van der Waals surface area contributed by atoms with Gasteiger partial charge in [0, 0.05) is 0 Å². The Hall–Kier alpha value is -0.755. The number of benzene rings is 1. The van der Waals surface area contributed by atoms with Gasteiger partial charge in [-0.2, -0.15) is 0 Å². The zero-order valence-electron chi connectivity index (χ0n) is 6.12. The minimum Gasteiger partial charge on any atom is -0.446 e. The minimum absolute atomic E-state index is 0.291. The lowest BCUT2D eigenvalue weighted by Crippen LogP contribution is -2.28. The molecule has 0 saturated carbocycles. The monoisotopic (exact) mass is 134 g/mol. The maximum atomic E-state index is 9.33. The molecule has 0 aliphatic rings. The van der Waals surface area contributed by atoms with E-state index in [1.54, 1.807) is 0 Å². The third-order valence-electron chi connectivity index (χ3n) is 1.57. The largest absolute Gasteiger partial charge is 0.446 e. The first-order valence-corrected chi connectivity index (χ1v) is 3.57. The van der Waals surface area contributed by atoms with Crippen molar-refractivity contribution in [2.75, 3.05) is 0 Å². The third-order valence-corrected chi connectivity index (χ3v) is 1.57. The summed E-state index contributed by atoms with van der Waals surface area (Å²) >= 11 is 0. The molecule has 0 heterocycles. The lowest BCUT2D eigenvalue weighted by molar-refractivity contribution is 0.586. The summed E-state index contributed by atoms with van der Waals surface area (Å²) in [5.41, 5.74) is 1.00. The zero-order valence-corrected chi connectivity index (χ0v) is 6.12. The van der Waals surface area contributed by atoms with E-state index in [4.69, 9.17) is 0 Å². The number of rotatable bonds is 2. The Labute approximate surface area is 61.8 Å². The van der Waals surface area contributed by atoms with Gasteiger partial charge < -0.3 is 5.02 Å². The first kappa shape index (κ1) is 7.35.